The number of benzene rings is 2. The van der Waals surface area contributed by atoms with E-state index in [2.05, 4.69) is 42.5 Å². The lowest BCUT2D eigenvalue weighted by Crippen LogP contribution is -2.67. The van der Waals surface area contributed by atoms with Crippen LogP contribution < -0.4 is 5.73 Å². The Balaban J connectivity index is 2.19. The highest BCUT2D eigenvalue weighted by molar-refractivity contribution is 6.71. The van der Waals surface area contributed by atoms with Crippen LogP contribution in [-0.4, -0.2) is 41.7 Å². The molecule has 1 aliphatic heterocycles. The molecule has 3 rings (SSSR count). The van der Waals surface area contributed by atoms with Crippen molar-refractivity contribution in [2.75, 3.05) is 27.9 Å². The summed E-state index contributed by atoms with van der Waals surface area (Å²) in [6, 6.07) is 16.1. The van der Waals surface area contributed by atoms with Crippen LogP contribution in [0.4, 0.5) is 0 Å². The van der Waals surface area contributed by atoms with Crippen molar-refractivity contribution in [1.82, 2.24) is 0 Å². The lowest BCUT2D eigenvalue weighted by Gasteiger charge is -2.52. The highest BCUT2D eigenvalue weighted by atomic mass is 28.4. The van der Waals surface area contributed by atoms with Crippen LogP contribution in [0.15, 0.2) is 42.5 Å². The minimum atomic E-state index is -2.56. The van der Waals surface area contributed by atoms with E-state index in [4.69, 9.17) is 19.3 Å². The van der Waals surface area contributed by atoms with E-state index in [0.29, 0.717) is 6.54 Å². The molecule has 0 aliphatic carbocycles. The van der Waals surface area contributed by atoms with Crippen LogP contribution >= 0.6 is 0 Å². The summed E-state index contributed by atoms with van der Waals surface area (Å²) >= 11 is 0. The van der Waals surface area contributed by atoms with Gasteiger partial charge >= 0.3 is 8.56 Å². The van der Waals surface area contributed by atoms with Gasteiger partial charge < -0.3 is 19.3 Å². The average molecular weight is 374 g/mol. The maximum absolute atomic E-state index is 6.35. The van der Waals surface area contributed by atoms with Gasteiger partial charge in [-0.1, -0.05) is 48.9 Å². The van der Waals surface area contributed by atoms with Crippen molar-refractivity contribution in [2.45, 2.75) is 42.9 Å². The maximum Gasteiger partial charge on any atom is 0.371 e. The van der Waals surface area contributed by atoms with Gasteiger partial charge in [0.2, 0.25) is 0 Å². The fourth-order valence-corrected chi connectivity index (χ4v) is 9.03. The monoisotopic (exact) mass is 373 g/mol. The molecular formula is C21H31NO3Si. The smallest absolute Gasteiger partial charge is 0.371 e. The topological polar surface area (TPSA) is 53.7 Å². The first-order valence-corrected chi connectivity index (χ1v) is 11.5. The molecule has 1 heterocycles. The largest absolute Gasteiger partial charge is 0.396 e. The lowest BCUT2D eigenvalue weighted by atomic mass is 9.83. The van der Waals surface area contributed by atoms with Gasteiger partial charge in [-0.25, -0.2) is 0 Å². The Kier molecular flexibility index (Phi) is 6.15. The van der Waals surface area contributed by atoms with Gasteiger partial charge in [0.05, 0.1) is 0 Å². The van der Waals surface area contributed by atoms with E-state index in [1.807, 2.05) is 7.11 Å². The summed E-state index contributed by atoms with van der Waals surface area (Å²) in [6.45, 7) is 0.644. The number of rotatable bonds is 7. The van der Waals surface area contributed by atoms with Gasteiger partial charge in [0.1, 0.15) is 5.22 Å². The molecule has 2 atom stereocenters. The first-order valence-electron chi connectivity index (χ1n) is 9.51. The summed E-state index contributed by atoms with van der Waals surface area (Å²) in [4.78, 5) is 0. The fourth-order valence-electron chi connectivity index (χ4n) is 4.97. The van der Waals surface area contributed by atoms with E-state index in [9.17, 15) is 0 Å². The van der Waals surface area contributed by atoms with Crippen LogP contribution in [-0.2, 0) is 13.6 Å². The highest BCUT2D eigenvalue weighted by Gasteiger charge is 2.63. The highest BCUT2D eigenvalue weighted by Crippen LogP contribution is 2.52. The molecule has 0 aromatic heterocycles. The van der Waals surface area contributed by atoms with Crippen LogP contribution in [0.5, 0.6) is 0 Å². The summed E-state index contributed by atoms with van der Waals surface area (Å²) in [5, 5.41) is 2.13. The average Bonchev–Trinajstić information content (AvgIpc) is 2.71. The Morgan fingerprint density at radius 1 is 1.08 bits per heavy atom. The third-order valence-electron chi connectivity index (χ3n) is 6.18. The molecule has 0 spiro atoms. The van der Waals surface area contributed by atoms with Crippen molar-refractivity contribution < 1.29 is 13.6 Å². The molecule has 1 fully saturated rings. The van der Waals surface area contributed by atoms with Crippen LogP contribution in [0, 0.1) is 0 Å². The molecule has 26 heavy (non-hydrogen) atoms. The minimum absolute atomic E-state index is 0.241. The van der Waals surface area contributed by atoms with E-state index >= 15 is 0 Å². The summed E-state index contributed by atoms with van der Waals surface area (Å²) < 4.78 is 18.6. The second kappa shape index (κ2) is 8.19. The van der Waals surface area contributed by atoms with Crippen molar-refractivity contribution >= 4 is 19.3 Å². The fraction of sp³-hybridized carbons (Fsp3) is 0.524. The minimum Gasteiger partial charge on any atom is -0.396 e. The molecule has 4 nitrogen and oxygen atoms in total. The van der Waals surface area contributed by atoms with E-state index in [1.54, 1.807) is 14.2 Å². The number of fused-ring (bicyclic) bond motifs is 1. The van der Waals surface area contributed by atoms with Crippen molar-refractivity contribution in [3.05, 3.63) is 48.0 Å². The predicted molar refractivity (Wildman–Crippen MR) is 109 cm³/mol. The van der Waals surface area contributed by atoms with Crippen LogP contribution in [0.2, 0.25) is 6.04 Å². The SMILES string of the molecule is COC1(CCCN)C(c2cccc3ccccc23)CCC[Si]1(OC)OC. The number of hydrogen-bond donors (Lipinski definition) is 1. The van der Waals surface area contributed by atoms with Gasteiger partial charge in [-0.05, 0) is 48.2 Å². The van der Waals surface area contributed by atoms with Gasteiger partial charge in [0.15, 0.2) is 0 Å². The van der Waals surface area contributed by atoms with Gasteiger partial charge in [-0.2, -0.15) is 0 Å². The quantitative estimate of drug-likeness (QED) is 0.742. The molecule has 5 heteroatoms. The van der Waals surface area contributed by atoms with E-state index < -0.39 is 13.8 Å². The van der Waals surface area contributed by atoms with Gasteiger partial charge in [-0.3, -0.25) is 0 Å². The maximum atomic E-state index is 6.35. The molecule has 2 aromatic rings. The Morgan fingerprint density at radius 3 is 2.50 bits per heavy atom. The molecule has 2 N–H and O–H groups in total. The van der Waals surface area contributed by atoms with Crippen LogP contribution in [0.3, 0.4) is 0 Å². The number of ether oxygens (including phenoxy) is 1. The molecular weight excluding hydrogens is 342 g/mol. The lowest BCUT2D eigenvalue weighted by molar-refractivity contribution is -0.0303. The van der Waals surface area contributed by atoms with Gasteiger partial charge in [0.25, 0.3) is 0 Å². The predicted octanol–water partition coefficient (Wildman–Crippen LogP) is 4.12. The van der Waals surface area contributed by atoms with E-state index in [1.165, 1.54) is 16.3 Å². The molecule has 0 saturated carbocycles. The number of nitrogens with two attached hydrogens (primary N) is 1. The van der Waals surface area contributed by atoms with Gasteiger partial charge in [-0.15, -0.1) is 0 Å². The second-order valence-electron chi connectivity index (χ2n) is 7.16. The Bertz CT molecular complexity index is 729. The van der Waals surface area contributed by atoms with Crippen molar-refractivity contribution in [2.24, 2.45) is 5.73 Å². The second-order valence-corrected chi connectivity index (χ2v) is 10.8. The van der Waals surface area contributed by atoms with Crippen LogP contribution in [0.1, 0.15) is 37.2 Å². The zero-order valence-corrected chi connectivity index (χ0v) is 17.2. The molecule has 0 bridgehead atoms. The number of hydrogen-bond acceptors (Lipinski definition) is 4. The summed E-state index contributed by atoms with van der Waals surface area (Å²) in [5.74, 6) is 0.241. The molecule has 2 unspecified atom stereocenters. The molecule has 142 valence electrons. The van der Waals surface area contributed by atoms with E-state index in [-0.39, 0.29) is 5.92 Å². The summed E-state index contributed by atoms with van der Waals surface area (Å²) in [7, 11) is 2.84. The van der Waals surface area contributed by atoms with E-state index in [0.717, 1.165) is 31.7 Å². The summed E-state index contributed by atoms with van der Waals surface area (Å²) in [6.07, 6.45) is 3.93. The standard InChI is InChI=1S/C21H31NO3Si/c1-23-21(14-8-15-22)20(13-7-16-26(21,24-2)25-3)19-12-6-10-17-9-4-5-11-18(17)19/h4-6,9-12,20H,7-8,13-16,22H2,1-3H3. The Morgan fingerprint density at radius 2 is 1.81 bits per heavy atom. The summed E-state index contributed by atoms with van der Waals surface area (Å²) in [5.41, 5.74) is 7.22. The number of methoxy groups -OCH3 is 1. The third-order valence-corrected chi connectivity index (χ3v) is 10.6. The van der Waals surface area contributed by atoms with Crippen LogP contribution in [0.25, 0.3) is 10.8 Å². The third kappa shape index (κ3) is 3.02. The molecule has 0 amide bonds. The molecule has 2 aromatic carbocycles. The Labute approximate surface area is 157 Å². The molecule has 1 saturated heterocycles. The Hall–Kier alpha value is -1.24. The molecule has 0 radical (unpaired) electrons. The first-order chi connectivity index (χ1) is 12.7. The van der Waals surface area contributed by atoms with Crippen molar-refractivity contribution in [3.8, 4) is 0 Å². The zero-order valence-electron chi connectivity index (χ0n) is 16.2. The first kappa shape index (κ1) is 19.5. The van der Waals surface area contributed by atoms with Gasteiger partial charge in [0, 0.05) is 27.2 Å². The normalized spacial score (nSPS) is 25.5. The molecule has 1 aliphatic rings. The zero-order chi connectivity index (χ0) is 18.6. The van der Waals surface area contributed by atoms with Crippen molar-refractivity contribution in [3.63, 3.8) is 0 Å². The van der Waals surface area contributed by atoms with Crippen molar-refractivity contribution in [1.29, 1.82) is 0 Å².